The van der Waals surface area contributed by atoms with Gasteiger partial charge in [0.2, 0.25) is 10.0 Å². The summed E-state index contributed by atoms with van der Waals surface area (Å²) in [6.07, 6.45) is 1.64. The molecular formula is C28H30N4O4S. The average Bonchev–Trinajstić information content (AvgIpc) is 3.34. The lowest BCUT2D eigenvalue weighted by Crippen LogP contribution is -2.39. The van der Waals surface area contributed by atoms with Crippen LogP contribution in [0.5, 0.6) is 5.75 Å². The minimum Gasteiger partial charge on any atom is -0.491 e. The zero-order valence-electron chi connectivity index (χ0n) is 20.8. The number of hydrogen-bond acceptors (Lipinski definition) is 5. The van der Waals surface area contributed by atoms with E-state index in [1.165, 1.54) is 16.4 Å². The van der Waals surface area contributed by atoms with Gasteiger partial charge in [-0.25, -0.2) is 13.4 Å². The second-order valence-corrected chi connectivity index (χ2v) is 11.5. The predicted octanol–water partition coefficient (Wildman–Crippen LogP) is 5.17. The van der Waals surface area contributed by atoms with E-state index in [4.69, 9.17) is 4.74 Å². The number of nitrogens with zero attached hydrogens (tertiary/aromatic N) is 2. The molecule has 0 spiro atoms. The maximum absolute atomic E-state index is 13.5. The number of nitrogens with one attached hydrogen (secondary N) is 2. The lowest BCUT2D eigenvalue weighted by molar-refractivity contribution is 0.102. The fourth-order valence-corrected chi connectivity index (χ4v) is 6.16. The van der Waals surface area contributed by atoms with Crippen molar-refractivity contribution in [3.8, 4) is 5.75 Å². The van der Waals surface area contributed by atoms with Gasteiger partial charge in [0.1, 0.15) is 11.6 Å². The number of hydrogen-bond donors (Lipinski definition) is 2. The SMILES string of the molecule is CC(C)Oc1ccc(NC(=O)c2cccc(S(=O)(=O)N3CCCC(c4nc5ccccc5[nH]4)C3)c2)cc1. The van der Waals surface area contributed by atoms with Gasteiger partial charge < -0.3 is 15.0 Å². The number of anilines is 1. The van der Waals surface area contributed by atoms with Crippen molar-refractivity contribution in [2.45, 2.75) is 43.6 Å². The van der Waals surface area contributed by atoms with E-state index in [1.807, 2.05) is 38.1 Å². The number of ether oxygens (including phenoxy) is 1. The van der Waals surface area contributed by atoms with Gasteiger partial charge in [0.05, 0.1) is 22.0 Å². The number of fused-ring (bicyclic) bond motifs is 1. The number of imidazole rings is 1. The highest BCUT2D eigenvalue weighted by Crippen LogP contribution is 2.30. The van der Waals surface area contributed by atoms with Crippen LogP contribution in [0.2, 0.25) is 0 Å². The number of carbonyl (C=O) groups excluding carboxylic acids is 1. The van der Waals surface area contributed by atoms with Gasteiger partial charge in [0.15, 0.2) is 0 Å². The van der Waals surface area contributed by atoms with E-state index in [0.717, 1.165) is 29.7 Å². The number of sulfonamides is 1. The van der Waals surface area contributed by atoms with Crippen molar-refractivity contribution in [2.24, 2.45) is 0 Å². The third-order valence-electron chi connectivity index (χ3n) is 6.40. The summed E-state index contributed by atoms with van der Waals surface area (Å²) in [5, 5.41) is 2.82. The molecule has 2 N–H and O–H groups in total. The molecule has 0 aliphatic carbocycles. The third-order valence-corrected chi connectivity index (χ3v) is 8.26. The summed E-state index contributed by atoms with van der Waals surface area (Å²) in [7, 11) is -3.78. The highest BCUT2D eigenvalue weighted by Gasteiger charge is 2.32. The Kier molecular flexibility index (Phi) is 6.99. The van der Waals surface area contributed by atoms with E-state index in [9.17, 15) is 13.2 Å². The monoisotopic (exact) mass is 518 g/mol. The minimum atomic E-state index is -3.78. The molecule has 5 rings (SSSR count). The number of piperidine rings is 1. The zero-order chi connectivity index (χ0) is 26.0. The lowest BCUT2D eigenvalue weighted by atomic mass is 9.99. The molecular weight excluding hydrogens is 488 g/mol. The maximum atomic E-state index is 13.5. The van der Waals surface area contributed by atoms with Gasteiger partial charge in [-0.3, -0.25) is 4.79 Å². The summed E-state index contributed by atoms with van der Waals surface area (Å²) in [5.41, 5.74) is 2.69. The molecule has 9 heteroatoms. The molecule has 37 heavy (non-hydrogen) atoms. The molecule has 2 heterocycles. The summed E-state index contributed by atoms with van der Waals surface area (Å²) in [5.74, 6) is 1.11. The van der Waals surface area contributed by atoms with Gasteiger partial charge >= 0.3 is 0 Å². The van der Waals surface area contributed by atoms with Crippen molar-refractivity contribution in [1.82, 2.24) is 14.3 Å². The Balaban J connectivity index is 1.31. The van der Waals surface area contributed by atoms with E-state index in [0.29, 0.717) is 24.5 Å². The molecule has 4 aromatic rings. The fourth-order valence-electron chi connectivity index (χ4n) is 4.59. The van der Waals surface area contributed by atoms with Crippen LogP contribution in [0, 0.1) is 0 Å². The smallest absolute Gasteiger partial charge is 0.255 e. The molecule has 192 valence electrons. The molecule has 1 unspecified atom stereocenters. The summed E-state index contributed by atoms with van der Waals surface area (Å²) in [4.78, 5) is 21.0. The fraction of sp³-hybridized carbons (Fsp3) is 0.286. The van der Waals surface area contributed by atoms with Gasteiger partial charge in [-0.1, -0.05) is 18.2 Å². The Morgan fingerprint density at radius 2 is 1.86 bits per heavy atom. The Bertz CT molecular complexity index is 1480. The molecule has 1 aromatic heterocycles. The number of carbonyl (C=O) groups is 1. The van der Waals surface area contributed by atoms with Crippen LogP contribution in [0.3, 0.4) is 0 Å². The number of benzene rings is 3. The maximum Gasteiger partial charge on any atom is 0.255 e. The summed E-state index contributed by atoms with van der Waals surface area (Å²) in [6.45, 7) is 4.66. The molecule has 0 saturated carbocycles. The van der Waals surface area contributed by atoms with Gasteiger partial charge in [0.25, 0.3) is 5.91 Å². The number of H-pyrrole nitrogens is 1. The van der Waals surface area contributed by atoms with Crippen LogP contribution in [-0.4, -0.2) is 47.8 Å². The van der Waals surface area contributed by atoms with Gasteiger partial charge in [-0.2, -0.15) is 4.31 Å². The van der Waals surface area contributed by atoms with Crippen molar-refractivity contribution in [3.05, 3.63) is 84.2 Å². The molecule has 8 nitrogen and oxygen atoms in total. The standard InChI is InChI=1S/C28H30N4O4S/c1-19(2)36-23-14-12-22(13-15-23)29-28(33)20-7-5-9-24(17-20)37(34,35)32-16-6-8-21(18-32)27-30-25-10-3-4-11-26(25)31-27/h3-5,7,9-15,17,19,21H,6,8,16,18H2,1-2H3,(H,29,33)(H,30,31). The van der Waals surface area contributed by atoms with Crippen LogP contribution in [-0.2, 0) is 10.0 Å². The second kappa shape index (κ2) is 10.4. The van der Waals surface area contributed by atoms with E-state index in [2.05, 4.69) is 15.3 Å². The van der Waals surface area contributed by atoms with Crippen LogP contribution in [0.1, 0.15) is 48.8 Å². The molecule has 1 atom stereocenters. The van der Waals surface area contributed by atoms with Crippen LogP contribution >= 0.6 is 0 Å². The van der Waals surface area contributed by atoms with E-state index in [1.54, 1.807) is 36.4 Å². The highest BCUT2D eigenvalue weighted by atomic mass is 32.2. The average molecular weight is 519 g/mol. The molecule has 1 aliphatic rings. The van der Waals surface area contributed by atoms with E-state index >= 15 is 0 Å². The molecule has 1 saturated heterocycles. The zero-order valence-corrected chi connectivity index (χ0v) is 21.7. The van der Waals surface area contributed by atoms with Crippen molar-refractivity contribution in [1.29, 1.82) is 0 Å². The first-order valence-electron chi connectivity index (χ1n) is 12.4. The minimum absolute atomic E-state index is 0.0231. The van der Waals surface area contributed by atoms with Crippen LogP contribution in [0.4, 0.5) is 5.69 Å². The van der Waals surface area contributed by atoms with Crippen LogP contribution < -0.4 is 10.1 Å². The van der Waals surface area contributed by atoms with Crippen LogP contribution in [0.15, 0.2) is 77.7 Å². The van der Waals surface area contributed by atoms with Gasteiger partial charge in [-0.05, 0) is 81.3 Å². The van der Waals surface area contributed by atoms with Gasteiger partial charge in [-0.15, -0.1) is 0 Å². The van der Waals surface area contributed by atoms with Gasteiger partial charge in [0, 0.05) is 30.3 Å². The normalized spacial score (nSPS) is 16.7. The Hall–Kier alpha value is -3.69. The van der Waals surface area contributed by atoms with Crippen LogP contribution in [0.25, 0.3) is 11.0 Å². The first-order chi connectivity index (χ1) is 17.8. The highest BCUT2D eigenvalue weighted by molar-refractivity contribution is 7.89. The number of para-hydroxylation sites is 2. The lowest BCUT2D eigenvalue weighted by Gasteiger charge is -2.31. The van der Waals surface area contributed by atoms with Crippen molar-refractivity contribution in [3.63, 3.8) is 0 Å². The molecule has 1 amide bonds. The molecule has 3 aromatic carbocycles. The summed E-state index contributed by atoms with van der Waals surface area (Å²) >= 11 is 0. The number of rotatable bonds is 7. The van der Waals surface area contributed by atoms with Crippen molar-refractivity contribution in [2.75, 3.05) is 18.4 Å². The first-order valence-corrected chi connectivity index (χ1v) is 13.9. The summed E-state index contributed by atoms with van der Waals surface area (Å²) < 4.78 is 34.2. The number of aromatic amines is 1. The molecule has 0 bridgehead atoms. The first kappa shape index (κ1) is 25.0. The van der Waals surface area contributed by atoms with Crippen molar-refractivity contribution >= 4 is 32.7 Å². The third kappa shape index (κ3) is 5.52. The Morgan fingerprint density at radius 1 is 1.08 bits per heavy atom. The Labute approximate surface area is 216 Å². The van der Waals surface area contributed by atoms with E-state index < -0.39 is 10.0 Å². The summed E-state index contributed by atoms with van der Waals surface area (Å²) in [6, 6.07) is 21.0. The topological polar surface area (TPSA) is 104 Å². The molecule has 0 radical (unpaired) electrons. The largest absolute Gasteiger partial charge is 0.491 e. The quantitative estimate of drug-likeness (QED) is 0.351. The van der Waals surface area contributed by atoms with Crippen molar-refractivity contribution < 1.29 is 17.9 Å². The molecule has 1 aliphatic heterocycles. The number of amides is 1. The van der Waals surface area contributed by atoms with E-state index in [-0.39, 0.29) is 28.4 Å². The Morgan fingerprint density at radius 3 is 2.62 bits per heavy atom. The number of aromatic nitrogens is 2. The second-order valence-electron chi connectivity index (χ2n) is 9.51. The predicted molar refractivity (Wildman–Crippen MR) is 143 cm³/mol. The molecule has 1 fully saturated rings.